The number of nitrogens with zero attached hydrogens (tertiary/aromatic N) is 1. The van der Waals surface area contributed by atoms with Crippen LogP contribution in [0.25, 0.3) is 11.1 Å². The summed E-state index contributed by atoms with van der Waals surface area (Å²) >= 11 is 0. The normalized spacial score (nSPS) is 11.7. The molecule has 4 rings (SSSR count). The lowest BCUT2D eigenvalue weighted by molar-refractivity contribution is -0.127. The molecule has 1 amide bonds. The summed E-state index contributed by atoms with van der Waals surface area (Å²) in [4.78, 5) is 12.4. The van der Waals surface area contributed by atoms with Crippen molar-refractivity contribution in [3.8, 4) is 22.6 Å². The van der Waals surface area contributed by atoms with Gasteiger partial charge < -0.3 is 9.47 Å². The van der Waals surface area contributed by atoms with Crippen LogP contribution in [0, 0.1) is 0 Å². The van der Waals surface area contributed by atoms with Crippen LogP contribution >= 0.6 is 0 Å². The standard InChI is InChI=1S/C29H26N2O3/c1-22(34-27-17-15-26(16-18-27)25-12-6-3-7-13-25)29(32)31-30-20-24-11-8-14-28(19-24)33-21-23-9-4-2-5-10-23/h2-20,22H,21H2,1H3,(H,31,32)/b30-20-/t22-/m0/s1. The summed E-state index contributed by atoms with van der Waals surface area (Å²) in [7, 11) is 0. The van der Waals surface area contributed by atoms with Gasteiger partial charge in [-0.15, -0.1) is 0 Å². The molecular formula is C29H26N2O3. The lowest BCUT2D eigenvalue weighted by Gasteiger charge is -2.13. The predicted molar refractivity (Wildman–Crippen MR) is 135 cm³/mol. The fourth-order valence-corrected chi connectivity index (χ4v) is 3.30. The van der Waals surface area contributed by atoms with E-state index >= 15 is 0 Å². The zero-order chi connectivity index (χ0) is 23.6. The molecule has 0 aliphatic rings. The molecule has 4 aromatic rings. The van der Waals surface area contributed by atoms with Crippen LogP contribution in [0.1, 0.15) is 18.1 Å². The molecule has 34 heavy (non-hydrogen) atoms. The maximum absolute atomic E-state index is 12.4. The van der Waals surface area contributed by atoms with Gasteiger partial charge in [0.2, 0.25) is 0 Å². The van der Waals surface area contributed by atoms with Gasteiger partial charge in [-0.05, 0) is 53.4 Å². The highest BCUT2D eigenvalue weighted by Crippen LogP contribution is 2.22. The average molecular weight is 451 g/mol. The maximum atomic E-state index is 12.4. The second-order valence-electron chi connectivity index (χ2n) is 7.73. The topological polar surface area (TPSA) is 59.9 Å². The summed E-state index contributed by atoms with van der Waals surface area (Å²) < 4.78 is 11.6. The molecule has 0 saturated heterocycles. The number of hydrogen-bond donors (Lipinski definition) is 1. The van der Waals surface area contributed by atoms with Crippen LogP contribution < -0.4 is 14.9 Å². The highest BCUT2D eigenvalue weighted by atomic mass is 16.5. The van der Waals surface area contributed by atoms with Crippen LogP contribution in [-0.4, -0.2) is 18.2 Å². The molecule has 5 heteroatoms. The van der Waals surface area contributed by atoms with E-state index < -0.39 is 6.10 Å². The van der Waals surface area contributed by atoms with Crippen molar-refractivity contribution in [1.29, 1.82) is 0 Å². The largest absolute Gasteiger partial charge is 0.489 e. The van der Waals surface area contributed by atoms with Crippen molar-refractivity contribution in [2.24, 2.45) is 5.10 Å². The van der Waals surface area contributed by atoms with Crippen molar-refractivity contribution in [2.75, 3.05) is 0 Å². The number of amides is 1. The van der Waals surface area contributed by atoms with Gasteiger partial charge in [0.05, 0.1) is 6.21 Å². The molecule has 0 fully saturated rings. The molecule has 0 unspecified atom stereocenters. The second-order valence-corrected chi connectivity index (χ2v) is 7.73. The Labute approximate surface area is 199 Å². The Morgan fingerprint density at radius 3 is 2.24 bits per heavy atom. The summed E-state index contributed by atoms with van der Waals surface area (Å²) in [5.74, 6) is 1.02. The fourth-order valence-electron chi connectivity index (χ4n) is 3.30. The number of hydrazone groups is 1. The third-order valence-electron chi connectivity index (χ3n) is 5.14. The zero-order valence-electron chi connectivity index (χ0n) is 18.9. The Hall–Kier alpha value is -4.38. The van der Waals surface area contributed by atoms with Gasteiger partial charge >= 0.3 is 0 Å². The van der Waals surface area contributed by atoms with Crippen LogP contribution in [0.15, 0.2) is 114 Å². The summed E-state index contributed by atoms with van der Waals surface area (Å²) in [5, 5.41) is 4.06. The molecule has 0 bridgehead atoms. The van der Waals surface area contributed by atoms with Crippen molar-refractivity contribution in [2.45, 2.75) is 19.6 Å². The van der Waals surface area contributed by atoms with Crippen LogP contribution in [0.4, 0.5) is 0 Å². The molecule has 4 aromatic carbocycles. The Morgan fingerprint density at radius 1 is 0.824 bits per heavy atom. The summed E-state index contributed by atoms with van der Waals surface area (Å²) in [6.45, 7) is 2.17. The first kappa shape index (κ1) is 22.8. The van der Waals surface area contributed by atoms with Crippen molar-refractivity contribution >= 4 is 12.1 Å². The molecule has 0 heterocycles. The minimum atomic E-state index is -0.694. The summed E-state index contributed by atoms with van der Waals surface area (Å²) in [6, 6.07) is 35.2. The SMILES string of the molecule is C[C@H](Oc1ccc(-c2ccccc2)cc1)C(=O)N/N=C\c1cccc(OCc2ccccc2)c1. The van der Waals surface area contributed by atoms with Gasteiger partial charge in [-0.25, -0.2) is 5.43 Å². The molecule has 170 valence electrons. The molecule has 0 saturated carbocycles. The number of rotatable bonds is 9. The van der Waals surface area contributed by atoms with E-state index in [1.54, 1.807) is 13.1 Å². The number of nitrogens with one attached hydrogen (secondary N) is 1. The van der Waals surface area contributed by atoms with Gasteiger partial charge in [0.25, 0.3) is 5.91 Å². The van der Waals surface area contributed by atoms with E-state index in [0.29, 0.717) is 12.4 Å². The van der Waals surface area contributed by atoms with Crippen molar-refractivity contribution in [1.82, 2.24) is 5.43 Å². The van der Waals surface area contributed by atoms with Crippen molar-refractivity contribution in [3.63, 3.8) is 0 Å². The molecule has 0 aliphatic heterocycles. The molecule has 0 aliphatic carbocycles. The summed E-state index contributed by atoms with van der Waals surface area (Å²) in [5.41, 5.74) is 6.66. The quantitative estimate of drug-likeness (QED) is 0.257. The van der Waals surface area contributed by atoms with Crippen LogP contribution in [0.3, 0.4) is 0 Å². The molecule has 0 aromatic heterocycles. The average Bonchev–Trinajstić information content (AvgIpc) is 2.89. The zero-order valence-corrected chi connectivity index (χ0v) is 18.9. The van der Waals surface area contributed by atoms with Crippen molar-refractivity contribution in [3.05, 3.63) is 120 Å². The van der Waals surface area contributed by atoms with Gasteiger partial charge in [-0.1, -0.05) is 84.9 Å². The van der Waals surface area contributed by atoms with E-state index in [1.807, 2.05) is 97.1 Å². The highest BCUT2D eigenvalue weighted by molar-refractivity contribution is 5.84. The van der Waals surface area contributed by atoms with Gasteiger partial charge in [0.15, 0.2) is 6.10 Å². The lowest BCUT2D eigenvalue weighted by Crippen LogP contribution is -2.33. The Kier molecular flexibility index (Phi) is 7.70. The number of carbonyl (C=O) groups is 1. The number of ether oxygens (including phenoxy) is 2. The van der Waals surface area contributed by atoms with E-state index in [-0.39, 0.29) is 5.91 Å². The van der Waals surface area contributed by atoms with Crippen LogP contribution in [0.5, 0.6) is 11.5 Å². The van der Waals surface area contributed by atoms with E-state index in [9.17, 15) is 4.79 Å². The number of benzene rings is 4. The molecule has 0 spiro atoms. The number of hydrogen-bond acceptors (Lipinski definition) is 4. The maximum Gasteiger partial charge on any atom is 0.280 e. The van der Waals surface area contributed by atoms with Crippen molar-refractivity contribution < 1.29 is 14.3 Å². The van der Waals surface area contributed by atoms with Gasteiger partial charge in [0, 0.05) is 0 Å². The summed E-state index contributed by atoms with van der Waals surface area (Å²) in [6.07, 6.45) is 0.884. The fraction of sp³-hybridized carbons (Fsp3) is 0.103. The van der Waals surface area contributed by atoms with E-state index in [1.165, 1.54) is 0 Å². The van der Waals surface area contributed by atoms with E-state index in [2.05, 4.69) is 22.7 Å². The first-order valence-electron chi connectivity index (χ1n) is 11.1. The second kappa shape index (κ2) is 11.5. The molecule has 1 N–H and O–H groups in total. The Balaban J connectivity index is 1.27. The van der Waals surface area contributed by atoms with Crippen LogP contribution in [-0.2, 0) is 11.4 Å². The van der Waals surface area contributed by atoms with E-state index in [4.69, 9.17) is 9.47 Å². The minimum absolute atomic E-state index is 0.333. The van der Waals surface area contributed by atoms with Gasteiger partial charge in [-0.2, -0.15) is 5.10 Å². The first-order valence-corrected chi connectivity index (χ1v) is 11.1. The van der Waals surface area contributed by atoms with Gasteiger partial charge in [0.1, 0.15) is 18.1 Å². The first-order chi connectivity index (χ1) is 16.7. The Bertz CT molecular complexity index is 1220. The minimum Gasteiger partial charge on any atom is -0.489 e. The third kappa shape index (κ3) is 6.56. The lowest BCUT2D eigenvalue weighted by atomic mass is 10.1. The predicted octanol–water partition coefficient (Wildman–Crippen LogP) is 5.85. The number of carbonyl (C=O) groups excluding carboxylic acids is 1. The van der Waals surface area contributed by atoms with Gasteiger partial charge in [-0.3, -0.25) is 4.79 Å². The highest BCUT2D eigenvalue weighted by Gasteiger charge is 2.14. The van der Waals surface area contributed by atoms with E-state index in [0.717, 1.165) is 28.0 Å². The molecule has 0 radical (unpaired) electrons. The molecular weight excluding hydrogens is 424 g/mol. The Morgan fingerprint density at radius 2 is 1.50 bits per heavy atom. The smallest absolute Gasteiger partial charge is 0.280 e. The molecule has 1 atom stereocenters. The van der Waals surface area contributed by atoms with Crippen LogP contribution in [0.2, 0.25) is 0 Å². The molecule has 5 nitrogen and oxygen atoms in total. The third-order valence-corrected chi connectivity index (χ3v) is 5.14. The monoisotopic (exact) mass is 450 g/mol.